The average molecular weight is 480 g/mol. The number of aliphatic imine (C=N–C) groups is 1. The van der Waals surface area contributed by atoms with Crippen LogP contribution in [-0.4, -0.2) is 53.9 Å². The Hall–Kier alpha value is -0.800. The maximum atomic E-state index is 10.2. The Kier molecular flexibility index (Phi) is 7.57. The van der Waals surface area contributed by atoms with Gasteiger partial charge < -0.3 is 20.6 Å². The minimum absolute atomic E-state index is 0. The topological polar surface area (TPSA) is 72.8 Å². The molecule has 1 aromatic heterocycles. The highest BCUT2D eigenvalue weighted by Crippen LogP contribution is 2.31. The zero-order valence-electron chi connectivity index (χ0n) is 14.5. The molecule has 1 atom stereocenters. The highest BCUT2D eigenvalue weighted by molar-refractivity contribution is 14.0. The van der Waals surface area contributed by atoms with Gasteiger partial charge in [-0.05, 0) is 44.7 Å². The number of aromatic nitrogens is 1. The van der Waals surface area contributed by atoms with E-state index >= 15 is 0 Å². The van der Waals surface area contributed by atoms with Crippen molar-refractivity contribution < 1.29 is 5.11 Å². The molecule has 1 saturated heterocycles. The Morgan fingerprint density at radius 3 is 2.96 bits per heavy atom. The molecule has 6 nitrogen and oxygen atoms in total. The van der Waals surface area contributed by atoms with Gasteiger partial charge in [0.2, 0.25) is 0 Å². The Morgan fingerprint density at radius 2 is 2.32 bits per heavy atom. The van der Waals surface area contributed by atoms with Crippen molar-refractivity contribution in [2.24, 2.45) is 4.99 Å². The quantitative estimate of drug-likeness (QED) is 0.344. The molecular weight excluding hydrogens is 453 g/mol. The van der Waals surface area contributed by atoms with E-state index < -0.39 is 5.60 Å². The van der Waals surface area contributed by atoms with Crippen LogP contribution in [0.25, 0.3) is 0 Å². The number of nitrogens with zero attached hydrogens (tertiary/aromatic N) is 3. The molecule has 0 aromatic carbocycles. The van der Waals surface area contributed by atoms with Crippen LogP contribution in [0.3, 0.4) is 0 Å². The molecule has 1 aromatic rings. The van der Waals surface area contributed by atoms with Crippen LogP contribution < -0.4 is 15.5 Å². The second-order valence-corrected chi connectivity index (χ2v) is 7.07. The van der Waals surface area contributed by atoms with Crippen molar-refractivity contribution in [2.75, 3.05) is 31.1 Å². The Balaban J connectivity index is 0.00000225. The predicted molar refractivity (Wildman–Crippen MR) is 113 cm³/mol. The molecule has 2 heterocycles. The summed E-state index contributed by atoms with van der Waals surface area (Å²) in [7, 11) is 0. The molecule has 2 fully saturated rings. The Labute approximate surface area is 171 Å². The van der Waals surface area contributed by atoms with E-state index in [1.807, 2.05) is 19.1 Å². The normalized spacial score (nSPS) is 22.1. The van der Waals surface area contributed by atoms with E-state index in [0.717, 1.165) is 57.1 Å². The first-order chi connectivity index (χ1) is 11.6. The minimum atomic E-state index is -0.592. The molecule has 3 rings (SSSR count). The Morgan fingerprint density at radius 1 is 1.52 bits per heavy atom. The van der Waals surface area contributed by atoms with Crippen LogP contribution in [-0.2, 0) is 0 Å². The van der Waals surface area contributed by atoms with E-state index in [2.05, 4.69) is 25.5 Å². The molecule has 1 saturated carbocycles. The molecule has 25 heavy (non-hydrogen) atoms. The first kappa shape index (κ1) is 20.5. The van der Waals surface area contributed by atoms with Crippen molar-refractivity contribution >= 4 is 47.4 Å². The van der Waals surface area contributed by atoms with Gasteiger partial charge in [0.25, 0.3) is 0 Å². The summed E-state index contributed by atoms with van der Waals surface area (Å²) < 4.78 is 0. The first-order valence-corrected chi connectivity index (χ1v) is 9.10. The highest BCUT2D eigenvalue weighted by Gasteiger charge is 2.34. The van der Waals surface area contributed by atoms with E-state index in [1.54, 1.807) is 6.20 Å². The van der Waals surface area contributed by atoms with E-state index in [4.69, 9.17) is 11.6 Å². The number of rotatable bonds is 5. The van der Waals surface area contributed by atoms with Gasteiger partial charge in [-0.3, -0.25) is 4.99 Å². The zero-order chi connectivity index (χ0) is 17.0. The van der Waals surface area contributed by atoms with Gasteiger partial charge in [-0.25, -0.2) is 4.98 Å². The maximum absolute atomic E-state index is 10.2. The molecule has 0 spiro atoms. The summed E-state index contributed by atoms with van der Waals surface area (Å²) in [6.07, 6.45) is 5.57. The highest BCUT2D eigenvalue weighted by atomic mass is 127. The van der Waals surface area contributed by atoms with Crippen LogP contribution >= 0.6 is 35.6 Å². The molecule has 1 aliphatic carbocycles. The fourth-order valence-electron chi connectivity index (χ4n) is 3.16. The van der Waals surface area contributed by atoms with Crippen molar-refractivity contribution in [3.8, 4) is 0 Å². The van der Waals surface area contributed by atoms with Crippen LogP contribution in [0.4, 0.5) is 5.82 Å². The maximum Gasteiger partial charge on any atom is 0.191 e. The Bertz CT molecular complexity index is 596. The van der Waals surface area contributed by atoms with E-state index in [0.29, 0.717) is 11.6 Å². The van der Waals surface area contributed by atoms with Crippen LogP contribution in [0.15, 0.2) is 23.3 Å². The molecule has 1 unspecified atom stereocenters. The molecule has 8 heteroatoms. The lowest BCUT2D eigenvalue weighted by Crippen LogP contribution is -2.46. The predicted octanol–water partition coefficient (Wildman–Crippen LogP) is 2.40. The van der Waals surface area contributed by atoms with Gasteiger partial charge in [0, 0.05) is 31.9 Å². The van der Waals surface area contributed by atoms with Crippen molar-refractivity contribution in [1.82, 2.24) is 15.6 Å². The summed E-state index contributed by atoms with van der Waals surface area (Å²) in [6.45, 7) is 5.06. The van der Waals surface area contributed by atoms with E-state index in [9.17, 15) is 5.11 Å². The summed E-state index contributed by atoms with van der Waals surface area (Å²) in [5.74, 6) is 1.62. The lowest BCUT2D eigenvalue weighted by atomic mass is 9.80. The largest absolute Gasteiger partial charge is 0.388 e. The van der Waals surface area contributed by atoms with Crippen LogP contribution in [0.2, 0.25) is 5.02 Å². The number of halogens is 2. The summed E-state index contributed by atoms with van der Waals surface area (Å²) in [5, 5.41) is 17.6. The van der Waals surface area contributed by atoms with Gasteiger partial charge in [-0.1, -0.05) is 11.6 Å². The van der Waals surface area contributed by atoms with E-state index in [1.165, 1.54) is 0 Å². The van der Waals surface area contributed by atoms with Crippen LogP contribution in [0.1, 0.15) is 32.6 Å². The van der Waals surface area contributed by atoms with Gasteiger partial charge in [-0.15, -0.1) is 24.0 Å². The van der Waals surface area contributed by atoms with Crippen molar-refractivity contribution in [3.05, 3.63) is 23.4 Å². The summed E-state index contributed by atoms with van der Waals surface area (Å²) in [6, 6.07) is 4.01. The lowest BCUT2D eigenvalue weighted by molar-refractivity contribution is -0.0236. The number of guanidine groups is 1. The minimum Gasteiger partial charge on any atom is -0.388 e. The fourth-order valence-corrected chi connectivity index (χ4v) is 3.40. The third kappa shape index (κ3) is 5.34. The van der Waals surface area contributed by atoms with Gasteiger partial charge >= 0.3 is 0 Å². The molecule has 0 radical (unpaired) electrons. The smallest absolute Gasteiger partial charge is 0.191 e. The first-order valence-electron chi connectivity index (χ1n) is 8.72. The van der Waals surface area contributed by atoms with Crippen molar-refractivity contribution in [2.45, 2.75) is 44.2 Å². The molecule has 0 amide bonds. The molecule has 2 aliphatic rings. The number of hydrogen-bond donors (Lipinski definition) is 3. The average Bonchev–Trinajstić information content (AvgIpc) is 3.00. The summed E-state index contributed by atoms with van der Waals surface area (Å²) >= 11 is 6.24. The molecule has 0 bridgehead atoms. The number of anilines is 1. The molecular formula is C17H27ClIN5O. The number of pyridine rings is 1. The second kappa shape index (κ2) is 9.23. The molecule has 3 N–H and O–H groups in total. The van der Waals surface area contributed by atoms with Crippen molar-refractivity contribution in [3.63, 3.8) is 0 Å². The lowest BCUT2D eigenvalue weighted by Gasteiger charge is -2.35. The molecule has 1 aliphatic heterocycles. The van der Waals surface area contributed by atoms with Gasteiger partial charge in [0.05, 0.1) is 17.2 Å². The third-order valence-electron chi connectivity index (χ3n) is 4.73. The second-order valence-electron chi connectivity index (χ2n) is 6.66. The number of nitrogens with one attached hydrogen (secondary N) is 2. The fraction of sp³-hybridized carbons (Fsp3) is 0.647. The van der Waals surface area contributed by atoms with Crippen LogP contribution in [0.5, 0.6) is 0 Å². The summed E-state index contributed by atoms with van der Waals surface area (Å²) in [5.41, 5.74) is -0.592. The monoisotopic (exact) mass is 479 g/mol. The number of aliphatic hydroxyl groups is 1. The van der Waals surface area contributed by atoms with Gasteiger partial charge in [-0.2, -0.15) is 0 Å². The number of hydrogen-bond acceptors (Lipinski definition) is 4. The third-order valence-corrected chi connectivity index (χ3v) is 5.02. The summed E-state index contributed by atoms with van der Waals surface area (Å²) in [4.78, 5) is 11.2. The SMILES string of the molecule is CCNC(=NCC1(O)CCC1)NC1CCN(c2ncccc2Cl)C1.I. The van der Waals surface area contributed by atoms with E-state index in [-0.39, 0.29) is 30.0 Å². The standard InChI is InChI=1S/C17H26ClN5O.HI/c1-2-19-16(21-12-17(24)7-4-8-17)22-13-6-10-23(11-13)15-14(18)5-3-9-20-15;/h3,5,9,13,24H,2,4,6-8,10-12H2,1H3,(H2,19,21,22);1H. The van der Waals surface area contributed by atoms with Gasteiger partial charge in [0.15, 0.2) is 5.96 Å². The van der Waals surface area contributed by atoms with Gasteiger partial charge in [0.1, 0.15) is 5.82 Å². The molecule has 140 valence electrons. The van der Waals surface area contributed by atoms with Crippen molar-refractivity contribution in [1.29, 1.82) is 0 Å². The zero-order valence-corrected chi connectivity index (χ0v) is 17.6. The van der Waals surface area contributed by atoms with Crippen LogP contribution in [0, 0.1) is 0 Å².